The Bertz CT molecular complexity index is 944. The number of nitrogens with zero attached hydrogens (tertiary/aromatic N) is 2. The second kappa shape index (κ2) is 5.50. The second-order valence-electron chi connectivity index (χ2n) is 5.85. The first kappa shape index (κ1) is 15.2. The van der Waals surface area contributed by atoms with Crippen molar-refractivity contribution in [2.75, 3.05) is 0 Å². The van der Waals surface area contributed by atoms with Crippen molar-refractivity contribution in [1.82, 2.24) is 9.55 Å². The monoisotopic (exact) mass is 312 g/mol. The molecule has 1 aromatic carbocycles. The molecule has 0 saturated carbocycles. The minimum atomic E-state index is -0.344. The first-order valence-electron chi connectivity index (χ1n) is 7.38. The van der Waals surface area contributed by atoms with Crippen LogP contribution >= 0.6 is 0 Å². The summed E-state index contributed by atoms with van der Waals surface area (Å²) in [6.45, 7) is 3.84. The van der Waals surface area contributed by atoms with Crippen LogP contribution in [0, 0.1) is 5.82 Å². The van der Waals surface area contributed by atoms with Crippen molar-refractivity contribution in [3.05, 3.63) is 58.3 Å². The quantitative estimate of drug-likeness (QED) is 0.787. The van der Waals surface area contributed by atoms with Gasteiger partial charge in [-0.15, -0.1) is 0 Å². The van der Waals surface area contributed by atoms with E-state index in [0.29, 0.717) is 27.9 Å². The Labute approximate surface area is 132 Å². The number of halogens is 1. The summed E-state index contributed by atoms with van der Waals surface area (Å²) in [7, 11) is 1.65. The molecule has 0 bridgehead atoms. The third-order valence-corrected chi connectivity index (χ3v) is 3.94. The van der Waals surface area contributed by atoms with Crippen LogP contribution < -0.4 is 5.56 Å². The predicted molar refractivity (Wildman–Crippen MR) is 88.1 cm³/mol. The fourth-order valence-electron chi connectivity index (χ4n) is 2.69. The number of rotatable bonds is 2. The van der Waals surface area contributed by atoms with E-state index in [-0.39, 0.29) is 23.0 Å². The summed E-state index contributed by atoms with van der Waals surface area (Å²) in [6, 6.07) is 8.99. The van der Waals surface area contributed by atoms with Gasteiger partial charge in [0.05, 0.1) is 5.69 Å². The number of aromatic hydroxyl groups is 1. The lowest BCUT2D eigenvalue weighted by molar-refractivity contribution is 0.463. The summed E-state index contributed by atoms with van der Waals surface area (Å²) in [4.78, 5) is 16.4. The van der Waals surface area contributed by atoms with Crippen molar-refractivity contribution in [2.24, 2.45) is 7.05 Å². The molecule has 2 aromatic heterocycles. The highest BCUT2D eigenvalue weighted by atomic mass is 19.1. The van der Waals surface area contributed by atoms with Crippen LogP contribution in [0.3, 0.4) is 0 Å². The average Bonchev–Trinajstić information content (AvgIpc) is 2.51. The SMILES string of the molecule is CC(C)c1nc2c(ccc(=O)n2C)c(-c2ccc(F)cc2)c1O. The molecule has 118 valence electrons. The summed E-state index contributed by atoms with van der Waals surface area (Å²) in [5.74, 6) is -0.297. The number of aryl methyl sites for hydroxylation is 1. The van der Waals surface area contributed by atoms with Crippen LogP contribution in [-0.2, 0) is 7.05 Å². The Hall–Kier alpha value is -2.69. The van der Waals surface area contributed by atoms with Crippen molar-refractivity contribution < 1.29 is 9.50 Å². The third kappa shape index (κ3) is 2.48. The molecule has 0 aliphatic carbocycles. The third-order valence-electron chi connectivity index (χ3n) is 3.94. The van der Waals surface area contributed by atoms with Crippen molar-refractivity contribution in [1.29, 1.82) is 0 Å². The molecule has 23 heavy (non-hydrogen) atoms. The normalized spacial score (nSPS) is 11.3. The zero-order chi connectivity index (χ0) is 16.7. The molecule has 5 heteroatoms. The van der Waals surface area contributed by atoms with Gasteiger partial charge < -0.3 is 5.11 Å². The van der Waals surface area contributed by atoms with Crippen LogP contribution in [0.4, 0.5) is 4.39 Å². The van der Waals surface area contributed by atoms with Crippen molar-refractivity contribution in [2.45, 2.75) is 19.8 Å². The Balaban J connectivity index is 2.47. The molecule has 0 amide bonds. The van der Waals surface area contributed by atoms with Gasteiger partial charge in [0.25, 0.3) is 5.56 Å². The summed E-state index contributed by atoms with van der Waals surface area (Å²) in [6.07, 6.45) is 0. The zero-order valence-corrected chi connectivity index (χ0v) is 13.2. The summed E-state index contributed by atoms with van der Waals surface area (Å²) >= 11 is 0. The van der Waals surface area contributed by atoms with E-state index in [2.05, 4.69) is 4.98 Å². The molecule has 0 saturated heterocycles. The van der Waals surface area contributed by atoms with E-state index in [1.54, 1.807) is 25.2 Å². The number of pyridine rings is 2. The predicted octanol–water partition coefficient (Wildman–Crippen LogP) is 3.57. The second-order valence-corrected chi connectivity index (χ2v) is 5.85. The van der Waals surface area contributed by atoms with Gasteiger partial charge in [0.1, 0.15) is 17.2 Å². The van der Waals surface area contributed by atoms with Crippen LogP contribution in [0.15, 0.2) is 41.2 Å². The highest BCUT2D eigenvalue weighted by Gasteiger charge is 2.19. The van der Waals surface area contributed by atoms with Gasteiger partial charge in [-0.05, 0) is 29.7 Å². The van der Waals surface area contributed by atoms with E-state index >= 15 is 0 Å². The Kier molecular flexibility index (Phi) is 3.64. The lowest BCUT2D eigenvalue weighted by atomic mass is 9.97. The van der Waals surface area contributed by atoms with Gasteiger partial charge >= 0.3 is 0 Å². The molecule has 0 radical (unpaired) electrons. The topological polar surface area (TPSA) is 55.1 Å². The van der Waals surface area contributed by atoms with Crippen molar-refractivity contribution >= 4 is 11.0 Å². The molecule has 4 nitrogen and oxygen atoms in total. The molecule has 0 spiro atoms. The highest BCUT2D eigenvalue weighted by Crippen LogP contribution is 2.39. The molecular weight excluding hydrogens is 295 g/mol. The lowest BCUT2D eigenvalue weighted by Gasteiger charge is -2.16. The van der Waals surface area contributed by atoms with Gasteiger partial charge in [0.15, 0.2) is 0 Å². The fourth-order valence-corrected chi connectivity index (χ4v) is 2.69. The van der Waals surface area contributed by atoms with Crippen molar-refractivity contribution in [3.63, 3.8) is 0 Å². The van der Waals surface area contributed by atoms with Gasteiger partial charge in [-0.3, -0.25) is 9.36 Å². The molecule has 3 rings (SSSR count). The number of benzene rings is 1. The Morgan fingerprint density at radius 3 is 2.39 bits per heavy atom. The molecule has 3 aromatic rings. The number of aromatic nitrogens is 2. The first-order valence-corrected chi connectivity index (χ1v) is 7.38. The molecule has 0 aliphatic heterocycles. The average molecular weight is 312 g/mol. The standard InChI is InChI=1S/C18H17FN2O2/c1-10(2)16-17(23)15(11-4-6-12(19)7-5-11)13-8-9-14(22)21(3)18(13)20-16/h4-10,23H,1-3H3. The molecule has 1 N–H and O–H groups in total. The molecular formula is C18H17FN2O2. The minimum Gasteiger partial charge on any atom is -0.505 e. The molecule has 2 heterocycles. The zero-order valence-electron chi connectivity index (χ0n) is 13.2. The maximum absolute atomic E-state index is 13.2. The maximum atomic E-state index is 13.2. The highest BCUT2D eigenvalue weighted by molar-refractivity contribution is 5.96. The van der Waals surface area contributed by atoms with E-state index in [9.17, 15) is 14.3 Å². The van der Waals surface area contributed by atoms with E-state index in [4.69, 9.17) is 0 Å². The molecule has 0 unspecified atom stereocenters. The van der Waals surface area contributed by atoms with Crippen LogP contribution in [0.25, 0.3) is 22.2 Å². The maximum Gasteiger partial charge on any atom is 0.251 e. The first-order chi connectivity index (χ1) is 10.9. The van der Waals surface area contributed by atoms with Crippen LogP contribution in [0.2, 0.25) is 0 Å². The summed E-state index contributed by atoms with van der Waals surface area (Å²) in [5, 5.41) is 11.3. The van der Waals surface area contributed by atoms with Crippen LogP contribution in [0.1, 0.15) is 25.5 Å². The van der Waals surface area contributed by atoms with Crippen LogP contribution in [-0.4, -0.2) is 14.7 Å². The van der Waals surface area contributed by atoms with E-state index < -0.39 is 0 Å². The number of hydrogen-bond donors (Lipinski definition) is 1. The molecule has 0 fully saturated rings. The van der Waals surface area contributed by atoms with E-state index in [1.165, 1.54) is 22.8 Å². The van der Waals surface area contributed by atoms with Gasteiger partial charge in [-0.1, -0.05) is 26.0 Å². The number of hydrogen-bond acceptors (Lipinski definition) is 3. The number of fused-ring (bicyclic) bond motifs is 1. The Morgan fingerprint density at radius 1 is 1.13 bits per heavy atom. The van der Waals surface area contributed by atoms with E-state index in [1.807, 2.05) is 13.8 Å². The lowest BCUT2D eigenvalue weighted by Crippen LogP contribution is -2.17. The smallest absolute Gasteiger partial charge is 0.251 e. The largest absolute Gasteiger partial charge is 0.505 e. The summed E-state index contributed by atoms with van der Waals surface area (Å²) < 4.78 is 14.7. The van der Waals surface area contributed by atoms with Crippen molar-refractivity contribution in [3.8, 4) is 16.9 Å². The van der Waals surface area contributed by atoms with E-state index in [0.717, 1.165) is 0 Å². The Morgan fingerprint density at radius 2 is 1.78 bits per heavy atom. The van der Waals surface area contributed by atoms with Gasteiger partial charge in [0.2, 0.25) is 0 Å². The summed E-state index contributed by atoms with van der Waals surface area (Å²) in [5.41, 5.74) is 2.08. The van der Waals surface area contributed by atoms with Gasteiger partial charge in [-0.25, -0.2) is 9.37 Å². The van der Waals surface area contributed by atoms with Gasteiger partial charge in [0, 0.05) is 24.1 Å². The fraction of sp³-hybridized carbons (Fsp3) is 0.222. The molecule has 0 aliphatic rings. The van der Waals surface area contributed by atoms with Crippen LogP contribution in [0.5, 0.6) is 5.75 Å². The molecule has 0 atom stereocenters. The van der Waals surface area contributed by atoms with Gasteiger partial charge in [-0.2, -0.15) is 0 Å². The minimum absolute atomic E-state index is 0.0195.